The first-order valence-corrected chi connectivity index (χ1v) is 8.95. The molecule has 0 bridgehead atoms. The Morgan fingerprint density at radius 2 is 2.04 bits per heavy atom. The van der Waals surface area contributed by atoms with Crippen LogP contribution in [0.3, 0.4) is 0 Å². The van der Waals surface area contributed by atoms with Crippen molar-refractivity contribution in [2.24, 2.45) is 0 Å². The summed E-state index contributed by atoms with van der Waals surface area (Å²) in [4.78, 5) is 17.8. The van der Waals surface area contributed by atoms with Crippen LogP contribution in [0, 0.1) is 0 Å². The molecule has 1 N–H and O–H groups in total. The Balaban J connectivity index is 1.63. The average Bonchev–Trinajstić information content (AvgIpc) is 3.49. The van der Waals surface area contributed by atoms with Gasteiger partial charge in [0.1, 0.15) is 0 Å². The molecule has 5 aromatic rings. The highest BCUT2D eigenvalue weighted by atomic mass is 32.1. The van der Waals surface area contributed by atoms with Gasteiger partial charge in [-0.15, -0.1) is 16.4 Å². The van der Waals surface area contributed by atoms with Crippen molar-refractivity contribution in [1.29, 1.82) is 0 Å². The minimum Gasteiger partial charge on any atom is -0.287 e. The standard InChI is InChI=1S/C18H11N7OS/c26-16(15-5-2-8-27-15)13-10-20-25-14(6-7-19-18(13)25)11-3-1-4-12(9-11)17-21-23-24-22-17/h1-10H,(H,21,22,23,24). The molecule has 0 spiro atoms. The number of H-pyrrole nitrogens is 1. The SMILES string of the molecule is O=C(c1cccs1)c1cnn2c(-c3cccc(-c4nnn[nH]4)c3)ccnc12. The van der Waals surface area contributed by atoms with Crippen LogP contribution >= 0.6 is 11.3 Å². The van der Waals surface area contributed by atoms with Crippen molar-refractivity contribution in [1.82, 2.24) is 35.2 Å². The van der Waals surface area contributed by atoms with Gasteiger partial charge in [0.2, 0.25) is 5.78 Å². The summed E-state index contributed by atoms with van der Waals surface area (Å²) in [7, 11) is 0. The number of hydrogen-bond donors (Lipinski definition) is 1. The lowest BCUT2D eigenvalue weighted by Crippen LogP contribution is -2.01. The predicted octanol–water partition coefficient (Wildman–Crippen LogP) is 2.87. The molecule has 0 aliphatic carbocycles. The van der Waals surface area contributed by atoms with Crippen molar-refractivity contribution in [2.75, 3.05) is 0 Å². The van der Waals surface area contributed by atoms with Gasteiger partial charge in [-0.1, -0.05) is 24.3 Å². The third-order valence-electron chi connectivity index (χ3n) is 4.17. The van der Waals surface area contributed by atoms with E-state index < -0.39 is 0 Å². The molecular weight excluding hydrogens is 362 g/mol. The van der Waals surface area contributed by atoms with Crippen molar-refractivity contribution >= 4 is 22.8 Å². The monoisotopic (exact) mass is 373 g/mol. The van der Waals surface area contributed by atoms with Crippen molar-refractivity contribution in [3.63, 3.8) is 0 Å². The Labute approximate surface area is 156 Å². The minimum absolute atomic E-state index is 0.0777. The second kappa shape index (κ2) is 6.22. The Morgan fingerprint density at radius 1 is 1.11 bits per heavy atom. The number of rotatable bonds is 4. The summed E-state index contributed by atoms with van der Waals surface area (Å²) in [6.45, 7) is 0. The molecule has 0 atom stereocenters. The van der Waals surface area contributed by atoms with Gasteiger partial charge < -0.3 is 0 Å². The molecule has 1 aromatic carbocycles. The number of nitrogens with zero attached hydrogens (tertiary/aromatic N) is 6. The Kier molecular flexibility index (Phi) is 3.58. The molecule has 0 fully saturated rings. The fourth-order valence-electron chi connectivity index (χ4n) is 2.92. The molecular formula is C18H11N7OS. The van der Waals surface area contributed by atoms with Crippen LogP contribution in [0.5, 0.6) is 0 Å². The predicted molar refractivity (Wildman–Crippen MR) is 99.3 cm³/mol. The lowest BCUT2D eigenvalue weighted by atomic mass is 10.1. The van der Waals surface area contributed by atoms with Crippen LogP contribution in [0.1, 0.15) is 15.2 Å². The van der Waals surface area contributed by atoms with E-state index in [4.69, 9.17) is 0 Å². The highest BCUT2D eigenvalue weighted by molar-refractivity contribution is 7.12. The molecule has 0 aliphatic rings. The maximum Gasteiger partial charge on any atom is 0.208 e. The van der Waals surface area contributed by atoms with Crippen molar-refractivity contribution in [3.8, 4) is 22.6 Å². The van der Waals surface area contributed by atoms with E-state index in [0.29, 0.717) is 21.9 Å². The van der Waals surface area contributed by atoms with Gasteiger partial charge in [-0.05, 0) is 34.0 Å². The van der Waals surface area contributed by atoms with E-state index in [2.05, 4.69) is 30.7 Å². The summed E-state index contributed by atoms with van der Waals surface area (Å²) in [6, 6.07) is 13.3. The second-order valence-electron chi connectivity index (χ2n) is 5.76. The Morgan fingerprint density at radius 3 is 2.85 bits per heavy atom. The third kappa shape index (κ3) is 2.61. The molecule has 0 saturated carbocycles. The van der Waals surface area contributed by atoms with Crippen LogP contribution in [0.2, 0.25) is 0 Å². The van der Waals surface area contributed by atoms with E-state index in [-0.39, 0.29) is 5.78 Å². The van der Waals surface area contributed by atoms with E-state index >= 15 is 0 Å². The van der Waals surface area contributed by atoms with Crippen LogP contribution in [-0.2, 0) is 0 Å². The number of ketones is 1. The molecule has 8 nitrogen and oxygen atoms in total. The number of benzene rings is 1. The molecule has 0 aliphatic heterocycles. The maximum absolute atomic E-state index is 12.7. The first-order valence-electron chi connectivity index (χ1n) is 8.07. The summed E-state index contributed by atoms with van der Waals surface area (Å²) < 4.78 is 1.68. The van der Waals surface area contributed by atoms with E-state index in [1.807, 2.05) is 41.8 Å². The number of aromatic nitrogens is 7. The molecule has 0 saturated heterocycles. The molecule has 0 radical (unpaired) electrons. The molecule has 27 heavy (non-hydrogen) atoms. The molecule has 5 rings (SSSR count). The summed E-state index contributed by atoms with van der Waals surface area (Å²) in [5.74, 6) is 0.502. The minimum atomic E-state index is -0.0777. The van der Waals surface area contributed by atoms with E-state index in [1.165, 1.54) is 11.3 Å². The normalized spacial score (nSPS) is 11.1. The van der Waals surface area contributed by atoms with Crippen molar-refractivity contribution in [3.05, 3.63) is 70.7 Å². The first kappa shape index (κ1) is 15.5. The summed E-state index contributed by atoms with van der Waals surface area (Å²) in [5, 5.41) is 20.2. The quantitative estimate of drug-likeness (QED) is 0.486. The van der Waals surface area contributed by atoms with Gasteiger partial charge in [0.25, 0.3) is 0 Å². The molecule has 0 unspecified atom stereocenters. The fourth-order valence-corrected chi connectivity index (χ4v) is 3.60. The van der Waals surface area contributed by atoms with Crippen LogP contribution in [0.4, 0.5) is 0 Å². The van der Waals surface area contributed by atoms with E-state index in [0.717, 1.165) is 16.8 Å². The number of carbonyl (C=O) groups is 1. The van der Waals surface area contributed by atoms with Crippen molar-refractivity contribution in [2.45, 2.75) is 0 Å². The number of nitrogens with one attached hydrogen (secondary N) is 1. The highest BCUT2D eigenvalue weighted by Crippen LogP contribution is 2.26. The molecule has 130 valence electrons. The number of hydrogen-bond acceptors (Lipinski definition) is 7. The van der Waals surface area contributed by atoms with Gasteiger partial charge in [0.15, 0.2) is 11.5 Å². The zero-order valence-electron chi connectivity index (χ0n) is 13.8. The topological polar surface area (TPSA) is 102 Å². The zero-order valence-corrected chi connectivity index (χ0v) is 14.6. The Hall–Kier alpha value is -3.72. The first-order chi connectivity index (χ1) is 13.3. The zero-order chi connectivity index (χ0) is 18.2. The van der Waals surface area contributed by atoms with E-state index in [1.54, 1.807) is 23.0 Å². The van der Waals surface area contributed by atoms with Gasteiger partial charge >= 0.3 is 0 Å². The van der Waals surface area contributed by atoms with Gasteiger partial charge in [-0.2, -0.15) is 5.10 Å². The molecule has 9 heteroatoms. The fraction of sp³-hybridized carbons (Fsp3) is 0. The number of aromatic amines is 1. The van der Waals surface area contributed by atoms with E-state index in [9.17, 15) is 4.79 Å². The maximum atomic E-state index is 12.7. The molecule has 4 aromatic heterocycles. The molecule has 0 amide bonds. The van der Waals surface area contributed by atoms with Gasteiger partial charge in [-0.25, -0.2) is 14.6 Å². The third-order valence-corrected chi connectivity index (χ3v) is 5.04. The smallest absolute Gasteiger partial charge is 0.208 e. The van der Waals surface area contributed by atoms with Crippen LogP contribution in [0.15, 0.2) is 60.2 Å². The number of carbonyl (C=O) groups excluding carboxylic acids is 1. The lowest BCUT2D eigenvalue weighted by Gasteiger charge is -2.06. The largest absolute Gasteiger partial charge is 0.287 e. The number of thiophene rings is 1. The van der Waals surface area contributed by atoms with Gasteiger partial charge in [0, 0.05) is 17.3 Å². The second-order valence-corrected chi connectivity index (χ2v) is 6.71. The average molecular weight is 373 g/mol. The molecule has 4 heterocycles. The number of fused-ring (bicyclic) bond motifs is 1. The lowest BCUT2D eigenvalue weighted by molar-refractivity contribution is 0.104. The number of tetrazole rings is 1. The summed E-state index contributed by atoms with van der Waals surface area (Å²) in [5.41, 5.74) is 3.59. The summed E-state index contributed by atoms with van der Waals surface area (Å²) in [6.07, 6.45) is 3.25. The highest BCUT2D eigenvalue weighted by Gasteiger charge is 2.18. The van der Waals surface area contributed by atoms with Crippen LogP contribution < -0.4 is 0 Å². The van der Waals surface area contributed by atoms with Gasteiger partial charge in [-0.3, -0.25) is 4.79 Å². The Bertz CT molecular complexity index is 1240. The van der Waals surface area contributed by atoms with Crippen LogP contribution in [0.25, 0.3) is 28.3 Å². The summed E-state index contributed by atoms with van der Waals surface area (Å²) >= 11 is 1.40. The van der Waals surface area contributed by atoms with Crippen molar-refractivity contribution < 1.29 is 4.79 Å². The van der Waals surface area contributed by atoms with Gasteiger partial charge in [0.05, 0.1) is 22.3 Å². The van der Waals surface area contributed by atoms with Crippen LogP contribution in [-0.4, -0.2) is 41.0 Å².